The monoisotopic (exact) mass is 277 g/mol. The van der Waals surface area contributed by atoms with Gasteiger partial charge in [-0.25, -0.2) is 4.79 Å². The molecule has 110 valence electrons. The molecule has 0 spiro atoms. The Hall–Kier alpha value is -1.71. The Kier molecular flexibility index (Phi) is 4.21. The van der Waals surface area contributed by atoms with Gasteiger partial charge in [-0.3, -0.25) is 0 Å². The topological polar surface area (TPSA) is 58.6 Å². The van der Waals surface area contributed by atoms with Gasteiger partial charge in [-0.05, 0) is 30.4 Å². The van der Waals surface area contributed by atoms with Crippen LogP contribution in [0.5, 0.6) is 5.75 Å². The minimum atomic E-state index is -0.913. The van der Waals surface area contributed by atoms with E-state index < -0.39 is 5.97 Å². The van der Waals surface area contributed by atoms with Crippen molar-refractivity contribution < 1.29 is 14.6 Å². The predicted octanol–water partition coefficient (Wildman–Crippen LogP) is 3.77. The van der Waals surface area contributed by atoms with Crippen molar-refractivity contribution in [3.05, 3.63) is 23.8 Å². The van der Waals surface area contributed by atoms with Crippen LogP contribution in [0.25, 0.3) is 0 Å². The first-order chi connectivity index (χ1) is 9.44. The molecule has 1 unspecified atom stereocenters. The van der Waals surface area contributed by atoms with E-state index in [2.05, 4.69) is 19.2 Å². The van der Waals surface area contributed by atoms with E-state index in [1.807, 2.05) is 0 Å². The minimum Gasteiger partial charge on any atom is -0.497 e. The van der Waals surface area contributed by atoms with E-state index in [9.17, 15) is 9.90 Å². The average Bonchev–Trinajstić information content (AvgIpc) is 2.40. The molecule has 4 heteroatoms. The molecule has 1 saturated carbocycles. The van der Waals surface area contributed by atoms with Crippen LogP contribution in [0, 0.1) is 5.41 Å². The maximum Gasteiger partial charge on any atom is 0.337 e. The van der Waals surface area contributed by atoms with Crippen molar-refractivity contribution in [2.45, 2.75) is 45.6 Å². The first kappa shape index (κ1) is 14.7. The van der Waals surface area contributed by atoms with Crippen molar-refractivity contribution in [3.8, 4) is 5.75 Å². The van der Waals surface area contributed by atoms with Crippen LogP contribution in [0.15, 0.2) is 18.2 Å². The van der Waals surface area contributed by atoms with Crippen molar-refractivity contribution in [3.63, 3.8) is 0 Å². The lowest BCUT2D eigenvalue weighted by molar-refractivity contribution is 0.0697. The van der Waals surface area contributed by atoms with Gasteiger partial charge in [-0.15, -0.1) is 0 Å². The SMILES string of the molecule is COc1ccc(C(=O)O)c(NC2CCCCC2(C)C)c1. The van der Waals surface area contributed by atoms with E-state index in [1.54, 1.807) is 25.3 Å². The quantitative estimate of drug-likeness (QED) is 0.879. The molecule has 0 saturated heterocycles. The Labute approximate surface area is 120 Å². The zero-order valence-electron chi connectivity index (χ0n) is 12.4. The third-order valence-electron chi connectivity index (χ3n) is 4.29. The summed E-state index contributed by atoms with van der Waals surface area (Å²) < 4.78 is 5.20. The molecule has 1 aromatic rings. The molecule has 2 rings (SSSR count). The number of carbonyl (C=O) groups is 1. The molecule has 1 fully saturated rings. The number of benzene rings is 1. The number of methoxy groups -OCH3 is 1. The Bertz CT molecular complexity index is 496. The van der Waals surface area contributed by atoms with Gasteiger partial charge in [0.25, 0.3) is 0 Å². The summed E-state index contributed by atoms with van der Waals surface area (Å²) in [5.41, 5.74) is 1.13. The van der Waals surface area contributed by atoms with Crippen molar-refractivity contribution in [1.29, 1.82) is 0 Å². The largest absolute Gasteiger partial charge is 0.497 e. The third kappa shape index (κ3) is 3.06. The summed E-state index contributed by atoms with van der Waals surface area (Å²) in [4.78, 5) is 11.3. The average molecular weight is 277 g/mol. The number of hydrogen-bond acceptors (Lipinski definition) is 3. The summed E-state index contributed by atoms with van der Waals surface area (Å²) >= 11 is 0. The highest BCUT2D eigenvalue weighted by atomic mass is 16.5. The van der Waals surface area contributed by atoms with Gasteiger partial charge in [0.1, 0.15) is 5.75 Å². The predicted molar refractivity (Wildman–Crippen MR) is 79.6 cm³/mol. The zero-order chi connectivity index (χ0) is 14.8. The van der Waals surface area contributed by atoms with E-state index in [4.69, 9.17) is 4.74 Å². The lowest BCUT2D eigenvalue weighted by atomic mass is 9.73. The van der Waals surface area contributed by atoms with Crippen molar-refractivity contribution in [2.75, 3.05) is 12.4 Å². The lowest BCUT2D eigenvalue weighted by Crippen LogP contribution is -2.39. The molecule has 1 aromatic carbocycles. The van der Waals surface area contributed by atoms with Gasteiger partial charge in [0.2, 0.25) is 0 Å². The number of aromatic carboxylic acids is 1. The Morgan fingerprint density at radius 1 is 1.40 bits per heavy atom. The van der Waals surface area contributed by atoms with Gasteiger partial charge >= 0.3 is 5.97 Å². The van der Waals surface area contributed by atoms with E-state index in [1.165, 1.54) is 12.8 Å². The molecular weight excluding hydrogens is 254 g/mol. The zero-order valence-corrected chi connectivity index (χ0v) is 12.4. The molecule has 0 radical (unpaired) electrons. The molecule has 20 heavy (non-hydrogen) atoms. The Morgan fingerprint density at radius 3 is 2.75 bits per heavy atom. The summed E-state index contributed by atoms with van der Waals surface area (Å²) in [6.07, 6.45) is 4.67. The van der Waals surface area contributed by atoms with Gasteiger partial charge in [0.05, 0.1) is 18.4 Å². The maximum absolute atomic E-state index is 11.3. The van der Waals surface area contributed by atoms with Gasteiger partial charge in [0, 0.05) is 12.1 Å². The highest BCUT2D eigenvalue weighted by Crippen LogP contribution is 2.38. The fourth-order valence-electron chi connectivity index (χ4n) is 2.91. The molecule has 0 aliphatic heterocycles. The van der Waals surface area contributed by atoms with E-state index >= 15 is 0 Å². The van der Waals surface area contributed by atoms with Crippen LogP contribution in [-0.2, 0) is 0 Å². The highest BCUT2D eigenvalue weighted by Gasteiger charge is 2.32. The molecule has 1 atom stereocenters. The van der Waals surface area contributed by atoms with Crippen LogP contribution in [0.2, 0.25) is 0 Å². The third-order valence-corrected chi connectivity index (χ3v) is 4.29. The summed E-state index contributed by atoms with van der Waals surface area (Å²) in [5.74, 6) is -0.241. The summed E-state index contributed by atoms with van der Waals surface area (Å²) in [6.45, 7) is 4.48. The van der Waals surface area contributed by atoms with Crippen LogP contribution in [-0.4, -0.2) is 24.2 Å². The second-order valence-corrected chi connectivity index (χ2v) is 6.15. The molecule has 2 N–H and O–H groups in total. The van der Waals surface area contributed by atoms with E-state index in [-0.39, 0.29) is 5.41 Å². The molecule has 0 bridgehead atoms. The van der Waals surface area contributed by atoms with E-state index in [0.29, 0.717) is 23.0 Å². The first-order valence-corrected chi connectivity index (χ1v) is 7.12. The van der Waals surface area contributed by atoms with Crippen LogP contribution < -0.4 is 10.1 Å². The second kappa shape index (κ2) is 5.73. The normalized spacial score (nSPS) is 21.2. The van der Waals surface area contributed by atoms with Gasteiger partial charge < -0.3 is 15.2 Å². The van der Waals surface area contributed by atoms with Gasteiger partial charge in [-0.2, -0.15) is 0 Å². The molecular formula is C16H23NO3. The van der Waals surface area contributed by atoms with Gasteiger partial charge in [0.15, 0.2) is 0 Å². The maximum atomic E-state index is 11.3. The molecule has 4 nitrogen and oxygen atoms in total. The van der Waals surface area contributed by atoms with Crippen LogP contribution in [0.3, 0.4) is 0 Å². The number of rotatable bonds is 4. The summed E-state index contributed by atoms with van der Waals surface area (Å²) in [5, 5.41) is 12.7. The van der Waals surface area contributed by atoms with Crippen LogP contribution >= 0.6 is 0 Å². The number of carboxylic acid groups (broad SMARTS) is 1. The Morgan fingerprint density at radius 2 is 2.15 bits per heavy atom. The number of ether oxygens (including phenoxy) is 1. The standard InChI is InChI=1S/C16H23NO3/c1-16(2)9-5-4-6-14(16)17-13-10-11(20-3)7-8-12(13)15(18)19/h7-8,10,14,17H,4-6,9H2,1-3H3,(H,18,19). The fourth-order valence-corrected chi connectivity index (χ4v) is 2.91. The Balaban J connectivity index is 2.29. The van der Waals surface area contributed by atoms with Crippen molar-refractivity contribution >= 4 is 11.7 Å². The molecule has 0 amide bonds. The molecule has 1 aliphatic carbocycles. The van der Waals surface area contributed by atoms with Crippen LogP contribution in [0.1, 0.15) is 49.9 Å². The smallest absolute Gasteiger partial charge is 0.337 e. The molecule has 1 aliphatic rings. The van der Waals surface area contributed by atoms with Gasteiger partial charge in [-0.1, -0.05) is 26.7 Å². The number of hydrogen-bond donors (Lipinski definition) is 2. The summed E-state index contributed by atoms with van der Waals surface area (Å²) in [7, 11) is 1.59. The van der Waals surface area contributed by atoms with Crippen molar-refractivity contribution in [1.82, 2.24) is 0 Å². The molecule has 0 aromatic heterocycles. The number of carboxylic acids is 1. The second-order valence-electron chi connectivity index (χ2n) is 6.15. The first-order valence-electron chi connectivity index (χ1n) is 7.12. The fraction of sp³-hybridized carbons (Fsp3) is 0.562. The molecule has 0 heterocycles. The highest BCUT2D eigenvalue weighted by molar-refractivity contribution is 5.94. The number of nitrogens with one attached hydrogen (secondary N) is 1. The van der Waals surface area contributed by atoms with Crippen molar-refractivity contribution in [2.24, 2.45) is 5.41 Å². The number of anilines is 1. The van der Waals surface area contributed by atoms with E-state index in [0.717, 1.165) is 12.8 Å². The lowest BCUT2D eigenvalue weighted by Gasteiger charge is -2.39. The minimum absolute atomic E-state index is 0.178. The van der Waals surface area contributed by atoms with Crippen LogP contribution in [0.4, 0.5) is 5.69 Å². The summed E-state index contributed by atoms with van der Waals surface area (Å²) in [6, 6.07) is 5.34.